The Morgan fingerprint density at radius 1 is 1.20 bits per heavy atom. The summed E-state index contributed by atoms with van der Waals surface area (Å²) in [7, 11) is -2.02. The smallest absolute Gasteiger partial charge is 0.407 e. The molecule has 10 nitrogen and oxygen atoms in total. The molecule has 192 valence electrons. The number of sulfone groups is 1. The Labute approximate surface area is 206 Å². The molecule has 1 aromatic carbocycles. The highest BCUT2D eigenvalue weighted by Gasteiger charge is 2.29. The van der Waals surface area contributed by atoms with E-state index in [2.05, 4.69) is 20.8 Å². The van der Waals surface area contributed by atoms with Gasteiger partial charge in [0.05, 0.1) is 25.0 Å². The monoisotopic (exact) mass is 506 g/mol. The normalized spacial score (nSPS) is 18.2. The number of ether oxygens (including phenoxy) is 2. The Morgan fingerprint density at radius 3 is 2.60 bits per heavy atom. The van der Waals surface area contributed by atoms with Gasteiger partial charge in [0.2, 0.25) is 5.91 Å². The Kier molecular flexibility index (Phi) is 8.09. The number of amides is 2. The number of H-pyrrole nitrogens is 1. The lowest BCUT2D eigenvalue weighted by Gasteiger charge is -2.20. The second-order valence-corrected chi connectivity index (χ2v) is 12.0. The lowest BCUT2D eigenvalue weighted by atomic mass is 10.0. The van der Waals surface area contributed by atoms with Crippen molar-refractivity contribution >= 4 is 27.7 Å². The summed E-state index contributed by atoms with van der Waals surface area (Å²) in [4.78, 5) is 24.6. The molecule has 2 amide bonds. The van der Waals surface area contributed by atoms with Crippen molar-refractivity contribution in [2.24, 2.45) is 5.92 Å². The van der Waals surface area contributed by atoms with Gasteiger partial charge in [-0.05, 0) is 69.7 Å². The average Bonchev–Trinajstić information content (AvgIpc) is 3.39. The number of benzene rings is 1. The number of carbonyl (C=O) groups is 2. The fraction of sp³-hybridized carbons (Fsp3) is 0.542. The summed E-state index contributed by atoms with van der Waals surface area (Å²) < 4.78 is 34.7. The van der Waals surface area contributed by atoms with Gasteiger partial charge in [-0.3, -0.25) is 9.89 Å². The van der Waals surface area contributed by atoms with E-state index < -0.39 is 15.9 Å². The van der Waals surface area contributed by atoms with Gasteiger partial charge in [-0.2, -0.15) is 5.10 Å². The molecule has 0 radical (unpaired) electrons. The second kappa shape index (κ2) is 10.7. The summed E-state index contributed by atoms with van der Waals surface area (Å²) in [6.07, 6.45) is 3.25. The van der Waals surface area contributed by atoms with Gasteiger partial charge < -0.3 is 20.1 Å². The van der Waals surface area contributed by atoms with E-state index in [-0.39, 0.29) is 34.6 Å². The number of methoxy groups -OCH3 is 1. The lowest BCUT2D eigenvalue weighted by molar-refractivity contribution is -0.115. The number of aromatic amines is 1. The number of alkyl carbamates (subject to hydrolysis) is 1. The van der Waals surface area contributed by atoms with E-state index >= 15 is 0 Å². The third kappa shape index (κ3) is 7.71. The van der Waals surface area contributed by atoms with Gasteiger partial charge in [-0.15, -0.1) is 0 Å². The maximum Gasteiger partial charge on any atom is 0.407 e. The minimum atomic E-state index is -3.50. The van der Waals surface area contributed by atoms with Crippen molar-refractivity contribution in [1.82, 2.24) is 15.5 Å². The highest BCUT2D eigenvalue weighted by atomic mass is 32.2. The van der Waals surface area contributed by atoms with Crippen LogP contribution in [0.15, 0.2) is 29.2 Å². The van der Waals surface area contributed by atoms with Crippen LogP contribution >= 0.6 is 0 Å². The molecule has 0 bridgehead atoms. The number of aromatic nitrogens is 2. The molecule has 11 heteroatoms. The molecular weight excluding hydrogens is 472 g/mol. The van der Waals surface area contributed by atoms with Crippen LogP contribution in [0, 0.1) is 5.92 Å². The first-order chi connectivity index (χ1) is 16.3. The van der Waals surface area contributed by atoms with Gasteiger partial charge in [0, 0.05) is 29.5 Å². The van der Waals surface area contributed by atoms with Crippen molar-refractivity contribution in [3.05, 3.63) is 35.5 Å². The minimum absolute atomic E-state index is 0.0894. The van der Waals surface area contributed by atoms with Crippen LogP contribution in [-0.2, 0) is 25.8 Å². The van der Waals surface area contributed by atoms with Crippen molar-refractivity contribution in [3.63, 3.8) is 0 Å². The predicted octanol–water partition coefficient (Wildman–Crippen LogP) is 3.41. The molecule has 2 atom stereocenters. The lowest BCUT2D eigenvalue weighted by Crippen LogP contribution is -2.41. The summed E-state index contributed by atoms with van der Waals surface area (Å²) in [5, 5.41) is 12.7. The molecule has 1 aliphatic carbocycles. The molecule has 1 aromatic heterocycles. The van der Waals surface area contributed by atoms with Crippen LogP contribution in [0.2, 0.25) is 0 Å². The number of hydrogen-bond acceptors (Lipinski definition) is 7. The van der Waals surface area contributed by atoms with Gasteiger partial charge in [0.15, 0.2) is 15.7 Å². The largest absolute Gasteiger partial charge is 0.497 e. The quantitative estimate of drug-likeness (QED) is 0.498. The zero-order valence-electron chi connectivity index (χ0n) is 20.8. The summed E-state index contributed by atoms with van der Waals surface area (Å²) in [6.45, 7) is 6.06. The van der Waals surface area contributed by atoms with Crippen molar-refractivity contribution in [2.45, 2.75) is 62.8 Å². The molecule has 1 fully saturated rings. The third-order valence-electron chi connectivity index (χ3n) is 5.79. The van der Waals surface area contributed by atoms with Crippen LogP contribution in [0.1, 0.15) is 57.2 Å². The number of carbonyl (C=O) groups excluding carboxylic acids is 2. The number of rotatable bonds is 8. The van der Waals surface area contributed by atoms with Crippen molar-refractivity contribution < 1.29 is 27.5 Å². The summed E-state index contributed by atoms with van der Waals surface area (Å²) in [5.74, 6) is 0.942. The second-order valence-electron chi connectivity index (χ2n) is 10.0. The molecule has 3 rings (SSSR count). The van der Waals surface area contributed by atoms with E-state index in [1.54, 1.807) is 18.2 Å². The number of nitrogens with zero attached hydrogens (tertiary/aromatic N) is 1. The Hall–Kier alpha value is -3.08. The molecule has 1 heterocycles. The van der Waals surface area contributed by atoms with E-state index in [1.807, 2.05) is 20.8 Å². The van der Waals surface area contributed by atoms with Gasteiger partial charge in [0.1, 0.15) is 5.75 Å². The molecule has 0 spiro atoms. The maximum absolute atomic E-state index is 12.6. The van der Waals surface area contributed by atoms with Crippen molar-refractivity contribution in [1.29, 1.82) is 0 Å². The fourth-order valence-electron chi connectivity index (χ4n) is 4.20. The Balaban J connectivity index is 1.56. The SMILES string of the molecule is COc1ccc(S(C)(=O)=O)c(CC(=O)Nc2cc([C@H]3CC[C@@H](COC(=O)NC(C)(C)C)C3)[nH]n2)c1. The molecule has 0 saturated heterocycles. The molecule has 0 unspecified atom stereocenters. The first kappa shape index (κ1) is 26.5. The van der Waals surface area contributed by atoms with E-state index in [0.29, 0.717) is 23.7 Å². The van der Waals surface area contributed by atoms with Gasteiger partial charge in [0.25, 0.3) is 0 Å². The highest BCUT2D eigenvalue weighted by Crippen LogP contribution is 2.38. The summed E-state index contributed by atoms with van der Waals surface area (Å²) >= 11 is 0. The molecule has 1 saturated carbocycles. The first-order valence-corrected chi connectivity index (χ1v) is 13.4. The topological polar surface area (TPSA) is 139 Å². The molecule has 0 aliphatic heterocycles. The molecule has 1 aliphatic rings. The van der Waals surface area contributed by atoms with Crippen LogP contribution < -0.4 is 15.4 Å². The van der Waals surface area contributed by atoms with Gasteiger partial charge in [-0.25, -0.2) is 13.2 Å². The van der Waals surface area contributed by atoms with Crippen LogP contribution in [0.5, 0.6) is 5.75 Å². The summed E-state index contributed by atoms with van der Waals surface area (Å²) in [5.41, 5.74) is 0.916. The van der Waals surface area contributed by atoms with Crippen molar-refractivity contribution in [2.75, 3.05) is 25.3 Å². The first-order valence-electron chi connectivity index (χ1n) is 11.5. The van der Waals surface area contributed by atoms with Gasteiger partial charge in [-0.1, -0.05) is 0 Å². The molecule has 2 aromatic rings. The number of hydrogen-bond donors (Lipinski definition) is 3. The van der Waals surface area contributed by atoms with Crippen LogP contribution in [-0.4, -0.2) is 56.1 Å². The van der Waals surface area contributed by atoms with E-state index in [0.717, 1.165) is 31.2 Å². The Bertz CT molecular complexity index is 1170. The average molecular weight is 507 g/mol. The predicted molar refractivity (Wildman–Crippen MR) is 131 cm³/mol. The zero-order chi connectivity index (χ0) is 25.8. The fourth-order valence-corrected chi connectivity index (χ4v) is 5.12. The zero-order valence-corrected chi connectivity index (χ0v) is 21.6. The van der Waals surface area contributed by atoms with Crippen LogP contribution in [0.25, 0.3) is 0 Å². The van der Waals surface area contributed by atoms with E-state index in [9.17, 15) is 18.0 Å². The Morgan fingerprint density at radius 2 is 1.94 bits per heavy atom. The molecular formula is C24H34N4O6S. The third-order valence-corrected chi connectivity index (χ3v) is 6.99. The van der Waals surface area contributed by atoms with E-state index in [4.69, 9.17) is 9.47 Å². The minimum Gasteiger partial charge on any atom is -0.497 e. The number of anilines is 1. The molecule has 35 heavy (non-hydrogen) atoms. The van der Waals surface area contributed by atoms with Gasteiger partial charge >= 0.3 is 6.09 Å². The van der Waals surface area contributed by atoms with Crippen LogP contribution in [0.4, 0.5) is 10.6 Å². The van der Waals surface area contributed by atoms with Crippen LogP contribution in [0.3, 0.4) is 0 Å². The van der Waals surface area contributed by atoms with Crippen molar-refractivity contribution in [3.8, 4) is 5.75 Å². The highest BCUT2D eigenvalue weighted by molar-refractivity contribution is 7.90. The summed E-state index contributed by atoms with van der Waals surface area (Å²) in [6, 6.07) is 6.33. The van der Waals surface area contributed by atoms with E-state index in [1.165, 1.54) is 13.2 Å². The standard InChI is InChI=1S/C24H34N4O6S/c1-24(2,3)26-23(30)34-14-15-6-7-16(10-15)19-13-21(28-27-19)25-22(29)12-17-11-18(33-4)8-9-20(17)35(5,31)32/h8-9,11,13,15-16H,6-7,10,12,14H2,1-5H3,(H,26,30)(H2,25,27,28,29)/t15-,16+/m1/s1. The molecule has 3 N–H and O–H groups in total. The maximum atomic E-state index is 12.6. The number of nitrogens with one attached hydrogen (secondary N) is 3.